The second-order valence-corrected chi connectivity index (χ2v) is 5.22. The molecule has 2 N–H and O–H groups in total. The fourth-order valence-corrected chi connectivity index (χ4v) is 2.52. The van der Waals surface area contributed by atoms with Crippen LogP contribution < -0.4 is 10.1 Å². The van der Waals surface area contributed by atoms with Crippen LogP contribution in [0.1, 0.15) is 17.4 Å². The normalized spacial score (nSPS) is 18.2. The van der Waals surface area contributed by atoms with Crippen LogP contribution in [0.15, 0.2) is 41.0 Å². The van der Waals surface area contributed by atoms with Gasteiger partial charge in [0.2, 0.25) is 5.91 Å². The van der Waals surface area contributed by atoms with Crippen molar-refractivity contribution in [3.05, 3.63) is 53.7 Å². The smallest absolute Gasteiger partial charge is 0.227 e. The summed E-state index contributed by atoms with van der Waals surface area (Å²) >= 11 is 0. The summed E-state index contributed by atoms with van der Waals surface area (Å²) in [7, 11) is 0. The van der Waals surface area contributed by atoms with E-state index in [0.717, 1.165) is 0 Å². The Morgan fingerprint density at radius 2 is 2.32 bits per heavy atom. The van der Waals surface area contributed by atoms with E-state index in [2.05, 4.69) is 5.32 Å². The van der Waals surface area contributed by atoms with Crippen molar-refractivity contribution in [2.75, 3.05) is 13.2 Å². The standard InChI is InChI=1S/C16H16FNO4/c17-12-3-4-14-10(7-12)6-11(9-22-14)16(20)18-13(8-19)15-2-1-5-21-15/h1-5,7,11,13,19H,6,8-9H2,(H,18,20). The third-order valence-electron chi connectivity index (χ3n) is 3.69. The van der Waals surface area contributed by atoms with E-state index in [1.807, 2.05) is 0 Å². The monoisotopic (exact) mass is 305 g/mol. The van der Waals surface area contributed by atoms with Crippen LogP contribution in [0.4, 0.5) is 4.39 Å². The van der Waals surface area contributed by atoms with Gasteiger partial charge in [0.05, 0.1) is 18.8 Å². The van der Waals surface area contributed by atoms with Crippen LogP contribution in [0.5, 0.6) is 5.75 Å². The van der Waals surface area contributed by atoms with Gasteiger partial charge in [-0.15, -0.1) is 0 Å². The first-order chi connectivity index (χ1) is 10.7. The summed E-state index contributed by atoms with van der Waals surface area (Å²) < 4.78 is 24.0. The molecule has 2 atom stereocenters. The summed E-state index contributed by atoms with van der Waals surface area (Å²) in [5.41, 5.74) is 0.671. The number of hydrogen-bond donors (Lipinski definition) is 2. The molecule has 1 amide bonds. The molecule has 0 bridgehead atoms. The van der Waals surface area contributed by atoms with Crippen molar-refractivity contribution in [1.29, 1.82) is 0 Å². The molecule has 2 unspecified atom stereocenters. The molecular weight excluding hydrogens is 289 g/mol. The molecule has 0 saturated heterocycles. The number of halogens is 1. The number of fused-ring (bicyclic) bond motifs is 1. The predicted molar refractivity (Wildman–Crippen MR) is 75.8 cm³/mol. The minimum atomic E-state index is -0.601. The Balaban J connectivity index is 1.68. The molecule has 0 aliphatic carbocycles. The number of benzene rings is 1. The van der Waals surface area contributed by atoms with Gasteiger partial charge in [0.1, 0.15) is 30.0 Å². The third-order valence-corrected chi connectivity index (χ3v) is 3.69. The maximum atomic E-state index is 13.3. The second kappa shape index (κ2) is 6.19. The predicted octanol–water partition coefficient (Wildman–Crippen LogP) is 1.82. The molecule has 116 valence electrons. The zero-order chi connectivity index (χ0) is 15.5. The SMILES string of the molecule is O=C(NC(CO)c1ccco1)C1COc2ccc(F)cc2C1. The molecular formula is C16H16FNO4. The maximum Gasteiger partial charge on any atom is 0.227 e. The Bertz CT molecular complexity index is 656. The molecule has 0 saturated carbocycles. The molecule has 1 aliphatic rings. The van der Waals surface area contributed by atoms with Gasteiger partial charge in [-0.05, 0) is 42.3 Å². The van der Waals surface area contributed by atoms with Crippen LogP contribution >= 0.6 is 0 Å². The number of carbonyl (C=O) groups excluding carboxylic acids is 1. The molecule has 1 aromatic carbocycles. The lowest BCUT2D eigenvalue weighted by atomic mass is 9.95. The molecule has 0 spiro atoms. The fourth-order valence-electron chi connectivity index (χ4n) is 2.52. The van der Waals surface area contributed by atoms with Crippen molar-refractivity contribution in [1.82, 2.24) is 5.32 Å². The highest BCUT2D eigenvalue weighted by Crippen LogP contribution is 2.28. The molecule has 3 rings (SSSR count). The van der Waals surface area contributed by atoms with Gasteiger partial charge in [-0.2, -0.15) is 0 Å². The lowest BCUT2D eigenvalue weighted by molar-refractivity contribution is -0.127. The van der Waals surface area contributed by atoms with Crippen molar-refractivity contribution >= 4 is 5.91 Å². The Labute approximate surface area is 126 Å². The average molecular weight is 305 g/mol. The topological polar surface area (TPSA) is 71.7 Å². The molecule has 22 heavy (non-hydrogen) atoms. The zero-order valence-electron chi connectivity index (χ0n) is 11.8. The van der Waals surface area contributed by atoms with Crippen LogP contribution in [0, 0.1) is 11.7 Å². The first-order valence-electron chi connectivity index (χ1n) is 7.03. The van der Waals surface area contributed by atoms with Crippen molar-refractivity contribution in [3.63, 3.8) is 0 Å². The van der Waals surface area contributed by atoms with E-state index in [4.69, 9.17) is 9.15 Å². The number of furan rings is 1. The molecule has 6 heteroatoms. The first-order valence-corrected chi connectivity index (χ1v) is 7.03. The summed E-state index contributed by atoms with van der Waals surface area (Å²) in [5, 5.41) is 12.1. The number of hydrogen-bond acceptors (Lipinski definition) is 4. The van der Waals surface area contributed by atoms with Gasteiger partial charge in [0.25, 0.3) is 0 Å². The summed E-state index contributed by atoms with van der Waals surface area (Å²) in [4.78, 5) is 12.3. The summed E-state index contributed by atoms with van der Waals surface area (Å²) in [6.07, 6.45) is 1.88. The van der Waals surface area contributed by atoms with Gasteiger partial charge in [0.15, 0.2) is 0 Å². The molecule has 0 fully saturated rings. The number of carbonyl (C=O) groups is 1. The largest absolute Gasteiger partial charge is 0.492 e. The number of rotatable bonds is 4. The fraction of sp³-hybridized carbons (Fsp3) is 0.312. The number of aliphatic hydroxyl groups excluding tert-OH is 1. The van der Waals surface area contributed by atoms with Gasteiger partial charge >= 0.3 is 0 Å². The van der Waals surface area contributed by atoms with Crippen LogP contribution in [0.2, 0.25) is 0 Å². The Kier molecular flexibility index (Phi) is 4.11. The minimum absolute atomic E-state index is 0.223. The Morgan fingerprint density at radius 3 is 3.05 bits per heavy atom. The Hall–Kier alpha value is -2.34. The van der Waals surface area contributed by atoms with Gasteiger partial charge in [-0.3, -0.25) is 4.79 Å². The van der Waals surface area contributed by atoms with Gasteiger partial charge < -0.3 is 19.6 Å². The molecule has 5 nitrogen and oxygen atoms in total. The van der Waals surface area contributed by atoms with Crippen LogP contribution in [-0.4, -0.2) is 24.2 Å². The highest BCUT2D eigenvalue weighted by Gasteiger charge is 2.28. The van der Waals surface area contributed by atoms with Crippen LogP contribution in [0.25, 0.3) is 0 Å². The zero-order valence-corrected chi connectivity index (χ0v) is 11.8. The van der Waals surface area contributed by atoms with E-state index in [0.29, 0.717) is 23.5 Å². The number of amides is 1. The highest BCUT2D eigenvalue weighted by molar-refractivity contribution is 5.80. The number of nitrogens with one attached hydrogen (secondary N) is 1. The second-order valence-electron chi connectivity index (χ2n) is 5.22. The van der Waals surface area contributed by atoms with Crippen molar-refractivity contribution in [2.45, 2.75) is 12.5 Å². The Morgan fingerprint density at radius 1 is 1.45 bits per heavy atom. The molecule has 2 heterocycles. The minimum Gasteiger partial charge on any atom is -0.492 e. The van der Waals surface area contributed by atoms with E-state index in [-0.39, 0.29) is 24.9 Å². The van der Waals surface area contributed by atoms with Gasteiger partial charge in [-0.25, -0.2) is 4.39 Å². The quantitative estimate of drug-likeness (QED) is 0.904. The van der Waals surface area contributed by atoms with Crippen molar-refractivity contribution in [2.24, 2.45) is 5.92 Å². The van der Waals surface area contributed by atoms with E-state index < -0.39 is 12.0 Å². The number of ether oxygens (including phenoxy) is 1. The van der Waals surface area contributed by atoms with Crippen molar-refractivity contribution in [3.8, 4) is 5.75 Å². The average Bonchev–Trinajstić information content (AvgIpc) is 3.05. The number of aliphatic hydroxyl groups is 1. The molecule has 2 aromatic rings. The van der Waals surface area contributed by atoms with Crippen LogP contribution in [0.3, 0.4) is 0 Å². The molecule has 0 radical (unpaired) electrons. The molecule has 1 aromatic heterocycles. The lowest BCUT2D eigenvalue weighted by Gasteiger charge is -2.26. The maximum absolute atomic E-state index is 13.3. The summed E-state index contributed by atoms with van der Waals surface area (Å²) in [5.74, 6) is 0.0464. The third kappa shape index (κ3) is 2.96. The summed E-state index contributed by atoms with van der Waals surface area (Å²) in [6.45, 7) is -0.0428. The molecule has 1 aliphatic heterocycles. The first kappa shape index (κ1) is 14.6. The van der Waals surface area contributed by atoms with E-state index >= 15 is 0 Å². The van der Waals surface area contributed by atoms with E-state index in [9.17, 15) is 14.3 Å². The highest BCUT2D eigenvalue weighted by atomic mass is 19.1. The van der Waals surface area contributed by atoms with Crippen LogP contribution in [-0.2, 0) is 11.2 Å². The van der Waals surface area contributed by atoms with E-state index in [1.165, 1.54) is 18.4 Å². The van der Waals surface area contributed by atoms with E-state index in [1.54, 1.807) is 18.2 Å². The van der Waals surface area contributed by atoms with Crippen molar-refractivity contribution < 1.29 is 23.4 Å². The van der Waals surface area contributed by atoms with Gasteiger partial charge in [-0.1, -0.05) is 0 Å². The van der Waals surface area contributed by atoms with Gasteiger partial charge in [0, 0.05) is 0 Å². The lowest BCUT2D eigenvalue weighted by Crippen LogP contribution is -2.40. The summed E-state index contributed by atoms with van der Waals surface area (Å²) in [6, 6.07) is 7.05.